The van der Waals surface area contributed by atoms with Gasteiger partial charge < -0.3 is 30.2 Å². The van der Waals surface area contributed by atoms with Crippen LogP contribution in [0.2, 0.25) is 0 Å². The molecule has 2 amide bonds. The number of carbonyl (C=O) groups excluding carboxylic acids is 2. The molecule has 4 N–H and O–H groups in total. The van der Waals surface area contributed by atoms with Crippen LogP contribution >= 0.6 is 0 Å². The van der Waals surface area contributed by atoms with Gasteiger partial charge in [-0.15, -0.1) is 0 Å². The lowest BCUT2D eigenvalue weighted by molar-refractivity contribution is 0.0142. The molecule has 0 bridgehead atoms. The summed E-state index contributed by atoms with van der Waals surface area (Å²) in [5, 5.41) is 37.6. The lowest BCUT2D eigenvalue weighted by Gasteiger charge is -2.36. The van der Waals surface area contributed by atoms with Crippen LogP contribution in [0.25, 0.3) is 0 Å². The van der Waals surface area contributed by atoms with E-state index in [4.69, 9.17) is 0 Å². The van der Waals surface area contributed by atoms with E-state index in [1.54, 1.807) is 0 Å². The van der Waals surface area contributed by atoms with Crippen LogP contribution in [-0.2, 0) is 0 Å². The van der Waals surface area contributed by atoms with Gasteiger partial charge in [0.15, 0.2) is 0 Å². The van der Waals surface area contributed by atoms with Crippen LogP contribution in [-0.4, -0.2) is 98.6 Å². The molecule has 0 radical (unpaired) electrons. The molecule has 0 saturated carbocycles. The number of nitrogens with zero attached hydrogens (tertiary/aromatic N) is 3. The molecule has 0 atom stereocenters. The van der Waals surface area contributed by atoms with E-state index in [1.807, 2.05) is 0 Å². The highest BCUT2D eigenvalue weighted by molar-refractivity contribution is 5.96. The Hall–Kier alpha value is -2.07. The van der Waals surface area contributed by atoms with Gasteiger partial charge in [0, 0.05) is 20.3 Å². The molecule has 0 aromatic carbocycles. The van der Waals surface area contributed by atoms with Gasteiger partial charge in [-0.3, -0.25) is 14.6 Å². The second-order valence-electron chi connectivity index (χ2n) is 6.79. The maximum atomic E-state index is 12.5. The molecule has 1 aromatic heterocycles. The normalized spacial score (nSPS) is 12.0. The van der Waals surface area contributed by atoms with Gasteiger partial charge in [0.05, 0.1) is 43.1 Å². The molecular formula is C17H27N3O6. The standard InChI is InChI=1S/C17H27N3O6/c1-16(8-21,9-22)19(3)14(25)12-5-6-13(18-7-12)15(26)20(4)17(2,10-23)11-24/h5-7,21-24H,8-11H2,1-4H3. The molecule has 0 aliphatic rings. The predicted octanol–water partition coefficient (Wildman–Crippen LogP) is -1.29. The number of aromatic nitrogens is 1. The number of rotatable bonds is 8. The zero-order valence-electron chi connectivity index (χ0n) is 15.5. The van der Waals surface area contributed by atoms with Gasteiger partial charge in [0.2, 0.25) is 0 Å². The van der Waals surface area contributed by atoms with E-state index in [9.17, 15) is 30.0 Å². The van der Waals surface area contributed by atoms with E-state index in [1.165, 1.54) is 56.1 Å². The summed E-state index contributed by atoms with van der Waals surface area (Å²) in [4.78, 5) is 31.3. The van der Waals surface area contributed by atoms with Crippen molar-refractivity contribution >= 4 is 11.8 Å². The van der Waals surface area contributed by atoms with Crippen molar-refractivity contribution < 1.29 is 30.0 Å². The summed E-state index contributed by atoms with van der Waals surface area (Å²) in [6, 6.07) is 2.78. The van der Waals surface area contributed by atoms with Crippen LogP contribution < -0.4 is 0 Å². The van der Waals surface area contributed by atoms with Gasteiger partial charge in [0.1, 0.15) is 5.69 Å². The fourth-order valence-corrected chi connectivity index (χ4v) is 2.03. The minimum absolute atomic E-state index is 0.0481. The largest absolute Gasteiger partial charge is 0.394 e. The Morgan fingerprint density at radius 3 is 1.65 bits per heavy atom. The second kappa shape index (κ2) is 8.54. The number of carbonyl (C=O) groups is 2. The van der Waals surface area contributed by atoms with Crippen molar-refractivity contribution in [2.24, 2.45) is 0 Å². The highest BCUT2D eigenvalue weighted by atomic mass is 16.3. The van der Waals surface area contributed by atoms with E-state index in [-0.39, 0.29) is 11.3 Å². The molecule has 26 heavy (non-hydrogen) atoms. The van der Waals surface area contributed by atoms with Gasteiger partial charge >= 0.3 is 0 Å². The topological polar surface area (TPSA) is 134 Å². The Bertz CT molecular complexity index is 571. The van der Waals surface area contributed by atoms with Gasteiger partial charge in [-0.2, -0.15) is 0 Å². The van der Waals surface area contributed by atoms with Gasteiger partial charge in [-0.25, -0.2) is 0 Å². The Balaban J connectivity index is 3.02. The first kappa shape index (κ1) is 22.0. The first-order valence-electron chi connectivity index (χ1n) is 8.06. The van der Waals surface area contributed by atoms with E-state index in [0.29, 0.717) is 0 Å². The molecule has 9 heteroatoms. The smallest absolute Gasteiger partial charge is 0.272 e. The molecule has 146 valence electrons. The average molecular weight is 369 g/mol. The average Bonchev–Trinajstić information content (AvgIpc) is 2.70. The molecule has 1 aromatic rings. The summed E-state index contributed by atoms with van der Waals surface area (Å²) >= 11 is 0. The van der Waals surface area contributed by atoms with E-state index in [2.05, 4.69) is 4.98 Å². The maximum absolute atomic E-state index is 12.5. The fraction of sp³-hybridized carbons (Fsp3) is 0.588. The van der Waals surface area contributed by atoms with Crippen LogP contribution in [0.5, 0.6) is 0 Å². The Morgan fingerprint density at radius 1 is 0.885 bits per heavy atom. The number of likely N-dealkylation sites (N-methyl/N-ethyl adjacent to an activating group) is 2. The van der Waals surface area contributed by atoms with Crippen molar-refractivity contribution in [2.75, 3.05) is 40.5 Å². The highest BCUT2D eigenvalue weighted by Gasteiger charge is 2.34. The Morgan fingerprint density at radius 2 is 1.31 bits per heavy atom. The SMILES string of the molecule is CN(C(=O)c1ccc(C(=O)N(C)C(C)(CO)CO)nc1)C(C)(CO)CO. The van der Waals surface area contributed by atoms with Crippen molar-refractivity contribution in [3.8, 4) is 0 Å². The molecule has 0 aliphatic heterocycles. The maximum Gasteiger partial charge on any atom is 0.272 e. The molecular weight excluding hydrogens is 342 g/mol. The molecule has 0 aliphatic carbocycles. The summed E-state index contributed by atoms with van der Waals surface area (Å²) in [6.07, 6.45) is 1.23. The van der Waals surface area contributed by atoms with Crippen molar-refractivity contribution in [1.82, 2.24) is 14.8 Å². The first-order chi connectivity index (χ1) is 12.1. The third-order valence-corrected chi connectivity index (χ3v) is 4.82. The molecule has 0 saturated heterocycles. The molecule has 0 fully saturated rings. The Labute approximate surface area is 152 Å². The van der Waals surface area contributed by atoms with Gasteiger partial charge in [0.25, 0.3) is 11.8 Å². The van der Waals surface area contributed by atoms with Crippen molar-refractivity contribution in [3.05, 3.63) is 29.6 Å². The second-order valence-corrected chi connectivity index (χ2v) is 6.79. The third-order valence-electron chi connectivity index (χ3n) is 4.82. The van der Waals surface area contributed by atoms with Gasteiger partial charge in [-0.1, -0.05) is 0 Å². The molecule has 1 heterocycles. The predicted molar refractivity (Wildman–Crippen MR) is 93.6 cm³/mol. The minimum Gasteiger partial charge on any atom is -0.394 e. The summed E-state index contributed by atoms with van der Waals surface area (Å²) in [7, 11) is 2.90. The van der Waals surface area contributed by atoms with Gasteiger partial charge in [-0.05, 0) is 26.0 Å². The van der Waals surface area contributed by atoms with Crippen LogP contribution in [0.15, 0.2) is 18.3 Å². The van der Waals surface area contributed by atoms with E-state index >= 15 is 0 Å². The third kappa shape index (κ3) is 4.18. The van der Waals surface area contributed by atoms with Crippen molar-refractivity contribution in [3.63, 3.8) is 0 Å². The number of amides is 2. The lowest BCUT2D eigenvalue weighted by Crippen LogP contribution is -2.53. The quantitative estimate of drug-likeness (QED) is 0.448. The van der Waals surface area contributed by atoms with Crippen LogP contribution in [0, 0.1) is 0 Å². The summed E-state index contributed by atoms with van der Waals surface area (Å²) < 4.78 is 0. The molecule has 9 nitrogen and oxygen atoms in total. The van der Waals surface area contributed by atoms with Crippen molar-refractivity contribution in [2.45, 2.75) is 24.9 Å². The number of hydrogen-bond acceptors (Lipinski definition) is 7. The monoisotopic (exact) mass is 369 g/mol. The zero-order valence-corrected chi connectivity index (χ0v) is 15.5. The number of pyridine rings is 1. The number of hydrogen-bond donors (Lipinski definition) is 4. The van der Waals surface area contributed by atoms with E-state index in [0.717, 1.165) is 0 Å². The molecule has 0 unspecified atom stereocenters. The fourth-order valence-electron chi connectivity index (χ4n) is 2.03. The summed E-state index contributed by atoms with van der Waals surface area (Å²) in [5.74, 6) is -0.982. The van der Waals surface area contributed by atoms with Crippen LogP contribution in [0.1, 0.15) is 34.7 Å². The van der Waals surface area contributed by atoms with E-state index < -0.39 is 49.3 Å². The summed E-state index contributed by atoms with van der Waals surface area (Å²) in [5.41, 5.74) is -2.04. The Kier molecular flexibility index (Phi) is 7.22. The zero-order chi connectivity index (χ0) is 20.1. The molecule has 1 rings (SSSR count). The number of aliphatic hydroxyl groups is 4. The minimum atomic E-state index is -1.14. The van der Waals surface area contributed by atoms with Crippen molar-refractivity contribution in [1.29, 1.82) is 0 Å². The van der Waals surface area contributed by atoms with Crippen LogP contribution in [0.3, 0.4) is 0 Å². The molecule has 0 spiro atoms. The highest BCUT2D eigenvalue weighted by Crippen LogP contribution is 2.17. The number of aliphatic hydroxyl groups excluding tert-OH is 4. The van der Waals surface area contributed by atoms with Crippen LogP contribution in [0.4, 0.5) is 0 Å². The lowest BCUT2D eigenvalue weighted by atomic mass is 10.0. The summed E-state index contributed by atoms with van der Waals surface area (Å²) in [6.45, 7) is 1.39. The first-order valence-corrected chi connectivity index (χ1v) is 8.06.